The van der Waals surface area contributed by atoms with Crippen LogP contribution < -0.4 is 5.32 Å². The molecule has 0 unspecified atom stereocenters. The van der Waals surface area contributed by atoms with Crippen molar-refractivity contribution in [2.45, 2.75) is 30.6 Å². The molecule has 0 amide bonds. The van der Waals surface area contributed by atoms with Crippen LogP contribution in [0.1, 0.15) is 36.0 Å². The molecule has 168 valence electrons. The Hall–Kier alpha value is -2.62. The van der Waals surface area contributed by atoms with Crippen molar-refractivity contribution in [3.05, 3.63) is 65.3 Å². The number of carbonyl (C=O) groups excluding carboxylic acids is 1. The number of carbonyl (C=O) groups is 1. The number of nitrogens with zero attached hydrogens (tertiary/aromatic N) is 2. The fraction of sp³-hybridized carbons (Fsp3) is 0.304. The van der Waals surface area contributed by atoms with Gasteiger partial charge < -0.3 is 5.32 Å². The minimum atomic E-state index is -3.48. The third kappa shape index (κ3) is 5.23. The molecule has 1 aliphatic heterocycles. The van der Waals surface area contributed by atoms with Gasteiger partial charge in [0.2, 0.25) is 10.0 Å². The first-order chi connectivity index (χ1) is 15.4. The Morgan fingerprint density at radius 2 is 1.66 bits per heavy atom. The lowest BCUT2D eigenvalue weighted by Crippen LogP contribution is -2.31. The molecule has 4 rings (SSSR count). The van der Waals surface area contributed by atoms with Crippen molar-refractivity contribution in [3.8, 4) is 11.3 Å². The standard InChI is InChI=1S/C23H24FN3O3S2/c24-19-9-5-18(6-10-19)22(28)15-25-23-26-21(16-31-23)17-7-11-20(12-8-17)32(29,30)27-13-3-1-2-4-14-27/h5-12,16H,1-4,13-15H2,(H,25,26). The van der Waals surface area contributed by atoms with Crippen molar-refractivity contribution < 1.29 is 17.6 Å². The Morgan fingerprint density at radius 1 is 1.00 bits per heavy atom. The Morgan fingerprint density at radius 3 is 2.31 bits per heavy atom. The van der Waals surface area contributed by atoms with Crippen LogP contribution in [0.15, 0.2) is 58.8 Å². The predicted molar refractivity (Wildman–Crippen MR) is 124 cm³/mol. The van der Waals surface area contributed by atoms with Gasteiger partial charge in [-0.15, -0.1) is 11.3 Å². The molecule has 1 aliphatic rings. The lowest BCUT2D eigenvalue weighted by atomic mass is 10.1. The third-order valence-electron chi connectivity index (χ3n) is 5.42. The highest BCUT2D eigenvalue weighted by molar-refractivity contribution is 7.89. The predicted octanol–water partition coefficient (Wildman–Crippen LogP) is 4.81. The van der Waals surface area contributed by atoms with E-state index in [2.05, 4.69) is 10.3 Å². The van der Waals surface area contributed by atoms with Gasteiger partial charge in [0.05, 0.1) is 17.1 Å². The van der Waals surface area contributed by atoms with E-state index in [4.69, 9.17) is 0 Å². The highest BCUT2D eigenvalue weighted by atomic mass is 32.2. The molecule has 0 radical (unpaired) electrons. The maximum absolute atomic E-state index is 13.0. The lowest BCUT2D eigenvalue weighted by molar-refractivity contribution is 0.101. The molecule has 3 aromatic rings. The molecule has 2 aromatic carbocycles. The van der Waals surface area contributed by atoms with Gasteiger partial charge in [-0.1, -0.05) is 25.0 Å². The summed E-state index contributed by atoms with van der Waals surface area (Å²) < 4.78 is 40.4. The van der Waals surface area contributed by atoms with Gasteiger partial charge in [-0.05, 0) is 49.2 Å². The molecule has 32 heavy (non-hydrogen) atoms. The van der Waals surface area contributed by atoms with Crippen molar-refractivity contribution in [1.29, 1.82) is 0 Å². The number of halogens is 1. The molecule has 0 bridgehead atoms. The maximum Gasteiger partial charge on any atom is 0.243 e. The van der Waals surface area contributed by atoms with E-state index in [9.17, 15) is 17.6 Å². The molecule has 1 saturated heterocycles. The van der Waals surface area contributed by atoms with Crippen LogP contribution >= 0.6 is 11.3 Å². The first-order valence-corrected chi connectivity index (χ1v) is 12.8. The number of ketones is 1. The highest BCUT2D eigenvalue weighted by Crippen LogP contribution is 2.27. The number of nitrogens with one attached hydrogen (secondary N) is 1. The summed E-state index contributed by atoms with van der Waals surface area (Å²) in [5.41, 5.74) is 1.93. The van der Waals surface area contributed by atoms with E-state index in [1.54, 1.807) is 28.6 Å². The van der Waals surface area contributed by atoms with Crippen LogP contribution in [0.5, 0.6) is 0 Å². The van der Waals surface area contributed by atoms with Crippen molar-refractivity contribution in [2.75, 3.05) is 25.0 Å². The van der Waals surface area contributed by atoms with Crippen molar-refractivity contribution in [2.24, 2.45) is 0 Å². The molecule has 6 nitrogen and oxygen atoms in total. The van der Waals surface area contributed by atoms with Crippen LogP contribution in [0.3, 0.4) is 0 Å². The third-order valence-corrected chi connectivity index (χ3v) is 8.14. The van der Waals surface area contributed by atoms with Crippen LogP contribution in [0.2, 0.25) is 0 Å². The molecule has 1 aromatic heterocycles. The van der Waals surface area contributed by atoms with E-state index in [1.807, 2.05) is 5.38 Å². The molecule has 1 fully saturated rings. The second kappa shape index (κ2) is 9.89. The summed E-state index contributed by atoms with van der Waals surface area (Å²) in [5, 5.41) is 5.42. The Balaban J connectivity index is 1.40. The van der Waals surface area contributed by atoms with E-state index in [-0.39, 0.29) is 18.1 Å². The average Bonchev–Trinajstić information content (AvgIpc) is 3.10. The number of rotatable bonds is 7. The van der Waals surface area contributed by atoms with Gasteiger partial charge in [0, 0.05) is 29.6 Å². The SMILES string of the molecule is O=C(CNc1nc(-c2ccc(S(=O)(=O)N3CCCCCC3)cc2)cs1)c1ccc(F)cc1. The van der Waals surface area contributed by atoms with E-state index in [0.29, 0.717) is 34.4 Å². The van der Waals surface area contributed by atoms with Crippen molar-refractivity contribution in [3.63, 3.8) is 0 Å². The molecule has 9 heteroatoms. The Bertz CT molecular complexity index is 1170. The van der Waals surface area contributed by atoms with Gasteiger partial charge >= 0.3 is 0 Å². The summed E-state index contributed by atoms with van der Waals surface area (Å²) in [7, 11) is -3.48. The Labute approximate surface area is 191 Å². The average molecular weight is 474 g/mol. The quantitative estimate of drug-likeness (QED) is 0.498. The van der Waals surface area contributed by atoms with Gasteiger partial charge in [-0.3, -0.25) is 4.79 Å². The van der Waals surface area contributed by atoms with Gasteiger partial charge in [0.1, 0.15) is 5.82 Å². The summed E-state index contributed by atoms with van der Waals surface area (Å²) in [6.07, 6.45) is 3.94. The summed E-state index contributed by atoms with van der Waals surface area (Å²) in [4.78, 5) is 17.0. The number of thiazole rings is 1. The van der Waals surface area contributed by atoms with Gasteiger partial charge in [0.15, 0.2) is 10.9 Å². The molecule has 2 heterocycles. The lowest BCUT2D eigenvalue weighted by Gasteiger charge is -2.19. The fourth-order valence-corrected chi connectivity index (χ4v) is 5.85. The van der Waals surface area contributed by atoms with Crippen LogP contribution in [0.4, 0.5) is 9.52 Å². The smallest absolute Gasteiger partial charge is 0.243 e. The zero-order chi connectivity index (χ0) is 22.6. The second-order valence-electron chi connectivity index (χ2n) is 7.66. The van der Waals surface area contributed by atoms with Crippen LogP contribution in [-0.4, -0.2) is 43.1 Å². The summed E-state index contributed by atoms with van der Waals surface area (Å²) in [6, 6.07) is 12.2. The number of aromatic nitrogens is 1. The first-order valence-electron chi connectivity index (χ1n) is 10.5. The van der Waals surface area contributed by atoms with E-state index in [0.717, 1.165) is 31.2 Å². The summed E-state index contributed by atoms with van der Waals surface area (Å²) >= 11 is 1.36. The van der Waals surface area contributed by atoms with E-state index in [1.165, 1.54) is 35.6 Å². The van der Waals surface area contributed by atoms with Gasteiger partial charge in [0.25, 0.3) is 0 Å². The normalized spacial score (nSPS) is 15.3. The summed E-state index contributed by atoms with van der Waals surface area (Å²) in [6.45, 7) is 1.19. The molecule has 0 saturated carbocycles. The molecule has 1 N–H and O–H groups in total. The molecular formula is C23H24FN3O3S2. The second-order valence-corrected chi connectivity index (χ2v) is 10.5. The van der Waals surface area contributed by atoms with Crippen LogP contribution in [0.25, 0.3) is 11.3 Å². The zero-order valence-corrected chi connectivity index (χ0v) is 19.1. The number of hydrogen-bond donors (Lipinski definition) is 1. The van der Waals surface area contributed by atoms with Crippen LogP contribution in [-0.2, 0) is 10.0 Å². The Kier molecular flexibility index (Phi) is 6.98. The maximum atomic E-state index is 13.0. The highest BCUT2D eigenvalue weighted by Gasteiger charge is 2.25. The van der Waals surface area contributed by atoms with Crippen LogP contribution in [0, 0.1) is 5.82 Å². The molecule has 0 aliphatic carbocycles. The van der Waals surface area contributed by atoms with Gasteiger partial charge in [-0.2, -0.15) is 4.31 Å². The number of benzene rings is 2. The first kappa shape index (κ1) is 22.6. The molecular weight excluding hydrogens is 449 g/mol. The van der Waals surface area contributed by atoms with Crippen molar-refractivity contribution in [1.82, 2.24) is 9.29 Å². The van der Waals surface area contributed by atoms with Crippen molar-refractivity contribution >= 4 is 32.3 Å². The number of Topliss-reactive ketones (excluding diaryl/α,β-unsaturated/α-hetero) is 1. The summed E-state index contributed by atoms with van der Waals surface area (Å²) in [5.74, 6) is -0.547. The van der Waals surface area contributed by atoms with E-state index < -0.39 is 10.0 Å². The minimum Gasteiger partial charge on any atom is -0.354 e. The number of hydrogen-bond acceptors (Lipinski definition) is 6. The minimum absolute atomic E-state index is 0.0472. The molecule has 0 atom stereocenters. The zero-order valence-electron chi connectivity index (χ0n) is 17.5. The van der Waals surface area contributed by atoms with Gasteiger partial charge in [-0.25, -0.2) is 17.8 Å². The fourth-order valence-electron chi connectivity index (χ4n) is 3.61. The number of anilines is 1. The van der Waals surface area contributed by atoms with E-state index >= 15 is 0 Å². The monoisotopic (exact) mass is 473 g/mol. The molecule has 0 spiro atoms. The topological polar surface area (TPSA) is 79.4 Å². The number of sulfonamides is 1. The largest absolute Gasteiger partial charge is 0.354 e.